The Hall–Kier alpha value is -1.21. The fourth-order valence-electron chi connectivity index (χ4n) is 2.60. The molecule has 2 atom stereocenters. The molecule has 0 N–H and O–H groups in total. The molecule has 0 aromatic heterocycles. The van der Waals surface area contributed by atoms with Gasteiger partial charge in [-0.05, 0) is 55.9 Å². The van der Waals surface area contributed by atoms with Gasteiger partial charge in [0, 0.05) is 9.64 Å². The molecule has 22 heavy (non-hydrogen) atoms. The van der Waals surface area contributed by atoms with Crippen LogP contribution in [0.3, 0.4) is 0 Å². The second-order valence-electron chi connectivity index (χ2n) is 6.43. The lowest BCUT2D eigenvalue weighted by Crippen LogP contribution is -2.16. The second-order valence-corrected chi connectivity index (χ2v) is 8.01. The van der Waals surface area contributed by atoms with Gasteiger partial charge in [-0.15, -0.1) is 11.8 Å². The van der Waals surface area contributed by atoms with Gasteiger partial charge in [-0.3, -0.25) is 0 Å². The van der Waals surface area contributed by atoms with Gasteiger partial charge in [-0.2, -0.15) is 0 Å². The van der Waals surface area contributed by atoms with Crippen molar-refractivity contribution >= 4 is 11.8 Å². The Morgan fingerprint density at radius 2 is 1.55 bits per heavy atom. The standard InChI is InChI=1S/C21H28S/c1-6-17(4)18-10-12-19(13-11-18)21(5,7-2)22-20-14-8-16(3)9-15-20/h8-15,17H,6-7H2,1-5H3/t17-,21?/m0/s1. The van der Waals surface area contributed by atoms with Crippen LogP contribution in [0.15, 0.2) is 53.4 Å². The first-order chi connectivity index (χ1) is 10.5. The quantitative estimate of drug-likeness (QED) is 0.521. The molecule has 2 aromatic carbocycles. The van der Waals surface area contributed by atoms with Crippen LogP contribution < -0.4 is 0 Å². The van der Waals surface area contributed by atoms with E-state index in [0.29, 0.717) is 5.92 Å². The third-order valence-electron chi connectivity index (χ3n) is 4.74. The highest BCUT2D eigenvalue weighted by atomic mass is 32.2. The highest BCUT2D eigenvalue weighted by Crippen LogP contribution is 2.44. The molecule has 0 nitrogen and oxygen atoms in total. The molecule has 0 fully saturated rings. The van der Waals surface area contributed by atoms with Crippen molar-refractivity contribution in [3.63, 3.8) is 0 Å². The maximum absolute atomic E-state index is 2.36. The third-order valence-corrected chi connectivity index (χ3v) is 6.22. The molecule has 1 unspecified atom stereocenters. The molecule has 0 spiro atoms. The summed E-state index contributed by atoms with van der Waals surface area (Å²) in [5.74, 6) is 0.645. The summed E-state index contributed by atoms with van der Waals surface area (Å²) >= 11 is 1.97. The van der Waals surface area contributed by atoms with Gasteiger partial charge in [0.1, 0.15) is 0 Å². The summed E-state index contributed by atoms with van der Waals surface area (Å²) in [6.07, 6.45) is 2.32. The second kappa shape index (κ2) is 7.37. The first kappa shape index (κ1) is 17.1. The summed E-state index contributed by atoms with van der Waals surface area (Å²) in [5.41, 5.74) is 4.19. The molecular weight excluding hydrogens is 284 g/mol. The van der Waals surface area contributed by atoms with Crippen molar-refractivity contribution in [3.8, 4) is 0 Å². The zero-order chi connectivity index (χ0) is 16.2. The lowest BCUT2D eigenvalue weighted by molar-refractivity contribution is 0.662. The van der Waals surface area contributed by atoms with Crippen LogP contribution >= 0.6 is 11.8 Å². The van der Waals surface area contributed by atoms with E-state index >= 15 is 0 Å². The van der Waals surface area contributed by atoms with Gasteiger partial charge in [-0.25, -0.2) is 0 Å². The van der Waals surface area contributed by atoms with Crippen LogP contribution in [-0.2, 0) is 4.75 Å². The molecule has 1 heteroatoms. The van der Waals surface area contributed by atoms with Crippen LogP contribution in [0.25, 0.3) is 0 Å². The average molecular weight is 313 g/mol. The number of thioether (sulfide) groups is 1. The molecule has 0 saturated heterocycles. The molecule has 2 aromatic rings. The fourth-order valence-corrected chi connectivity index (χ4v) is 3.79. The van der Waals surface area contributed by atoms with Crippen molar-refractivity contribution in [2.24, 2.45) is 0 Å². The van der Waals surface area contributed by atoms with Gasteiger partial charge in [0.2, 0.25) is 0 Å². The molecule has 0 radical (unpaired) electrons. The van der Waals surface area contributed by atoms with Crippen LogP contribution in [-0.4, -0.2) is 0 Å². The molecule has 0 saturated carbocycles. The number of hydrogen-bond donors (Lipinski definition) is 0. The largest absolute Gasteiger partial charge is 0.115 e. The van der Waals surface area contributed by atoms with Gasteiger partial charge in [-0.1, -0.05) is 62.7 Å². The molecule has 0 heterocycles. The van der Waals surface area contributed by atoms with Crippen molar-refractivity contribution in [1.29, 1.82) is 0 Å². The average Bonchev–Trinajstić information content (AvgIpc) is 2.56. The van der Waals surface area contributed by atoms with E-state index in [9.17, 15) is 0 Å². The molecule has 0 aliphatic heterocycles. The molecule has 0 aliphatic rings. The molecule has 118 valence electrons. The van der Waals surface area contributed by atoms with Gasteiger partial charge < -0.3 is 0 Å². The Morgan fingerprint density at radius 1 is 0.955 bits per heavy atom. The van der Waals surface area contributed by atoms with E-state index in [0.717, 1.165) is 6.42 Å². The fraction of sp³-hybridized carbons (Fsp3) is 0.429. The summed E-state index contributed by atoms with van der Waals surface area (Å²) in [5, 5.41) is 0. The Balaban J connectivity index is 2.23. The van der Waals surface area contributed by atoms with E-state index in [2.05, 4.69) is 83.1 Å². The summed E-state index contributed by atoms with van der Waals surface area (Å²) < 4.78 is 0.128. The third kappa shape index (κ3) is 3.95. The number of hydrogen-bond acceptors (Lipinski definition) is 1. The predicted molar refractivity (Wildman–Crippen MR) is 99.8 cm³/mol. The molecule has 0 amide bonds. The van der Waals surface area contributed by atoms with Crippen LogP contribution in [0, 0.1) is 6.92 Å². The van der Waals surface area contributed by atoms with E-state index in [4.69, 9.17) is 0 Å². The predicted octanol–water partition coefficient (Wildman–Crippen LogP) is 6.93. The summed E-state index contributed by atoms with van der Waals surface area (Å²) in [4.78, 5) is 1.35. The van der Waals surface area contributed by atoms with Crippen LogP contribution in [0.5, 0.6) is 0 Å². The molecular formula is C21H28S. The number of benzene rings is 2. The first-order valence-electron chi connectivity index (χ1n) is 8.34. The van der Waals surface area contributed by atoms with Crippen LogP contribution in [0.1, 0.15) is 63.1 Å². The maximum atomic E-state index is 2.36. The van der Waals surface area contributed by atoms with Gasteiger partial charge in [0.25, 0.3) is 0 Å². The smallest absolute Gasteiger partial charge is 0.0424 e. The monoisotopic (exact) mass is 312 g/mol. The van der Waals surface area contributed by atoms with E-state index in [1.807, 2.05) is 11.8 Å². The zero-order valence-electron chi connectivity index (χ0n) is 14.5. The molecule has 2 rings (SSSR count). The van der Waals surface area contributed by atoms with E-state index < -0.39 is 0 Å². The molecule has 0 bridgehead atoms. The van der Waals surface area contributed by atoms with Crippen molar-refractivity contribution in [1.82, 2.24) is 0 Å². The van der Waals surface area contributed by atoms with E-state index in [-0.39, 0.29) is 4.75 Å². The summed E-state index contributed by atoms with van der Waals surface area (Å²) in [6.45, 7) is 11.3. The van der Waals surface area contributed by atoms with Crippen molar-refractivity contribution < 1.29 is 0 Å². The zero-order valence-corrected chi connectivity index (χ0v) is 15.3. The highest BCUT2D eigenvalue weighted by molar-refractivity contribution is 8.00. The highest BCUT2D eigenvalue weighted by Gasteiger charge is 2.26. The Bertz CT molecular complexity index is 582. The SMILES string of the molecule is CC[C@H](C)c1ccc(C(C)(CC)Sc2ccc(C)cc2)cc1. The van der Waals surface area contributed by atoms with Crippen LogP contribution in [0.4, 0.5) is 0 Å². The lowest BCUT2D eigenvalue weighted by Gasteiger charge is -2.29. The number of rotatable bonds is 6. The topological polar surface area (TPSA) is 0 Å². The summed E-state index contributed by atoms with van der Waals surface area (Å²) in [7, 11) is 0. The summed E-state index contributed by atoms with van der Waals surface area (Å²) in [6, 6.07) is 18.1. The lowest BCUT2D eigenvalue weighted by atomic mass is 9.92. The molecule has 0 aliphatic carbocycles. The minimum absolute atomic E-state index is 0.128. The Kier molecular flexibility index (Phi) is 5.74. The van der Waals surface area contributed by atoms with Crippen molar-refractivity contribution in [2.45, 2.75) is 63.0 Å². The van der Waals surface area contributed by atoms with Crippen LogP contribution in [0.2, 0.25) is 0 Å². The van der Waals surface area contributed by atoms with Gasteiger partial charge in [0.15, 0.2) is 0 Å². The normalized spacial score (nSPS) is 15.3. The van der Waals surface area contributed by atoms with Gasteiger partial charge in [0.05, 0.1) is 0 Å². The van der Waals surface area contributed by atoms with E-state index in [1.54, 1.807) is 0 Å². The Labute approximate surface area is 140 Å². The minimum Gasteiger partial charge on any atom is -0.115 e. The van der Waals surface area contributed by atoms with Crippen molar-refractivity contribution in [2.75, 3.05) is 0 Å². The number of aryl methyl sites for hydroxylation is 1. The minimum atomic E-state index is 0.128. The van der Waals surface area contributed by atoms with Gasteiger partial charge >= 0.3 is 0 Å². The first-order valence-corrected chi connectivity index (χ1v) is 9.16. The van der Waals surface area contributed by atoms with Crippen molar-refractivity contribution in [3.05, 3.63) is 65.2 Å². The maximum Gasteiger partial charge on any atom is 0.0424 e. The van der Waals surface area contributed by atoms with E-state index in [1.165, 1.54) is 28.0 Å². The Morgan fingerprint density at radius 3 is 2.05 bits per heavy atom.